The highest BCUT2D eigenvalue weighted by atomic mass is 35.5. The Morgan fingerprint density at radius 1 is 1.06 bits per heavy atom. The van der Waals surface area contributed by atoms with E-state index >= 15 is 0 Å². The van der Waals surface area contributed by atoms with Gasteiger partial charge in [-0.25, -0.2) is 13.2 Å². The van der Waals surface area contributed by atoms with Crippen LogP contribution < -0.4 is 14.9 Å². The number of carbonyl (C=O) groups is 1. The molecular formula is C20H21ClN6O4S. The van der Waals surface area contributed by atoms with Gasteiger partial charge in [-0.15, -0.1) is 0 Å². The number of rotatable bonds is 7. The van der Waals surface area contributed by atoms with Crippen LogP contribution in [0.2, 0.25) is 5.02 Å². The number of benzene rings is 2. The molecule has 0 atom stereocenters. The molecule has 2 N–H and O–H groups in total. The summed E-state index contributed by atoms with van der Waals surface area (Å²) in [4.78, 5) is 26.1. The fourth-order valence-corrected chi connectivity index (χ4v) is 4.07. The third-order valence-electron chi connectivity index (χ3n) is 4.32. The monoisotopic (exact) mass is 476 g/mol. The molecule has 3 aromatic rings. The van der Waals surface area contributed by atoms with Gasteiger partial charge in [-0.1, -0.05) is 23.7 Å². The highest BCUT2D eigenvalue weighted by Gasteiger charge is 2.23. The third kappa shape index (κ3) is 5.24. The maximum Gasteiger partial charge on any atom is 0.338 e. The molecule has 0 radical (unpaired) electrons. The highest BCUT2D eigenvalue weighted by molar-refractivity contribution is 7.92. The number of aromatic nitrogens is 3. The Bertz CT molecular complexity index is 1250. The molecular weight excluding hydrogens is 456 g/mol. The van der Waals surface area contributed by atoms with Gasteiger partial charge in [0.2, 0.25) is 11.9 Å². The molecule has 1 heterocycles. The maximum absolute atomic E-state index is 13.0. The lowest BCUT2D eigenvalue weighted by molar-refractivity contribution is 0.0462. The fourth-order valence-electron chi connectivity index (χ4n) is 2.66. The van der Waals surface area contributed by atoms with Gasteiger partial charge in [-0.05, 0) is 36.4 Å². The van der Waals surface area contributed by atoms with Crippen molar-refractivity contribution in [2.24, 2.45) is 0 Å². The number of nitrogens with two attached hydrogens (primary N) is 1. The Balaban J connectivity index is 1.79. The predicted molar refractivity (Wildman–Crippen MR) is 121 cm³/mol. The minimum absolute atomic E-state index is 0.00751. The predicted octanol–water partition coefficient (Wildman–Crippen LogP) is 2.36. The molecule has 1 aromatic heterocycles. The number of hydrogen-bond donors (Lipinski definition) is 1. The van der Waals surface area contributed by atoms with Crippen molar-refractivity contribution in [3.8, 4) is 0 Å². The van der Waals surface area contributed by atoms with Gasteiger partial charge in [0.25, 0.3) is 10.0 Å². The van der Waals surface area contributed by atoms with E-state index in [1.165, 1.54) is 37.4 Å². The number of halogens is 1. The fraction of sp³-hybridized carbons (Fsp3) is 0.200. The number of carbonyl (C=O) groups excluding carboxylic acids is 1. The number of hydrogen-bond acceptors (Lipinski definition) is 9. The number of nitrogens with zero attached hydrogens (tertiary/aromatic N) is 5. The van der Waals surface area contributed by atoms with Crippen LogP contribution in [0, 0.1) is 0 Å². The molecule has 0 bridgehead atoms. The first kappa shape index (κ1) is 23.2. The molecule has 32 heavy (non-hydrogen) atoms. The smallest absolute Gasteiger partial charge is 0.338 e. The van der Waals surface area contributed by atoms with Crippen LogP contribution >= 0.6 is 11.6 Å². The molecule has 2 aromatic carbocycles. The van der Waals surface area contributed by atoms with Crippen LogP contribution in [0.1, 0.15) is 16.2 Å². The second-order valence-electron chi connectivity index (χ2n) is 6.86. The summed E-state index contributed by atoms with van der Waals surface area (Å²) in [5.74, 6) is -0.260. The van der Waals surface area contributed by atoms with Gasteiger partial charge in [0.15, 0.2) is 12.4 Å². The van der Waals surface area contributed by atoms with E-state index in [9.17, 15) is 13.2 Å². The summed E-state index contributed by atoms with van der Waals surface area (Å²) in [7, 11) is 0.928. The van der Waals surface area contributed by atoms with E-state index < -0.39 is 16.0 Å². The van der Waals surface area contributed by atoms with Gasteiger partial charge >= 0.3 is 5.97 Å². The highest BCUT2D eigenvalue weighted by Crippen LogP contribution is 2.25. The van der Waals surface area contributed by atoms with Gasteiger partial charge in [0, 0.05) is 26.2 Å². The molecule has 12 heteroatoms. The van der Waals surface area contributed by atoms with Crippen LogP contribution in [0.15, 0.2) is 53.4 Å². The Morgan fingerprint density at radius 3 is 2.47 bits per heavy atom. The summed E-state index contributed by atoms with van der Waals surface area (Å²) in [6.45, 7) is -0.258. The quantitative estimate of drug-likeness (QED) is 0.510. The first-order valence-electron chi connectivity index (χ1n) is 9.27. The van der Waals surface area contributed by atoms with E-state index in [2.05, 4.69) is 15.0 Å². The molecule has 0 aliphatic carbocycles. The summed E-state index contributed by atoms with van der Waals surface area (Å²) < 4.78 is 32.4. The Kier molecular flexibility index (Phi) is 6.80. The van der Waals surface area contributed by atoms with Crippen molar-refractivity contribution >= 4 is 45.2 Å². The van der Waals surface area contributed by atoms with Crippen LogP contribution in [0.3, 0.4) is 0 Å². The van der Waals surface area contributed by atoms with Crippen molar-refractivity contribution in [2.45, 2.75) is 11.5 Å². The number of ether oxygens (including phenoxy) is 1. The summed E-state index contributed by atoms with van der Waals surface area (Å²) >= 11 is 5.97. The van der Waals surface area contributed by atoms with Gasteiger partial charge in [-0.3, -0.25) is 4.31 Å². The zero-order chi connectivity index (χ0) is 23.5. The first-order chi connectivity index (χ1) is 15.1. The number of sulfonamides is 1. The Morgan fingerprint density at radius 2 is 1.78 bits per heavy atom. The average molecular weight is 477 g/mol. The molecule has 3 rings (SSSR count). The summed E-state index contributed by atoms with van der Waals surface area (Å²) in [6.07, 6.45) is 0. The zero-order valence-corrected chi connectivity index (χ0v) is 19.1. The molecule has 10 nitrogen and oxygen atoms in total. The van der Waals surface area contributed by atoms with Crippen molar-refractivity contribution in [1.82, 2.24) is 15.0 Å². The first-order valence-corrected chi connectivity index (χ1v) is 11.1. The summed E-state index contributed by atoms with van der Waals surface area (Å²) in [5.41, 5.74) is 6.10. The van der Waals surface area contributed by atoms with E-state index in [1.807, 2.05) is 0 Å². The van der Waals surface area contributed by atoms with Crippen molar-refractivity contribution in [3.05, 3.63) is 64.9 Å². The molecule has 0 unspecified atom stereocenters. The molecule has 0 saturated heterocycles. The third-order valence-corrected chi connectivity index (χ3v) is 6.34. The van der Waals surface area contributed by atoms with Crippen LogP contribution in [0.4, 0.5) is 17.6 Å². The normalized spacial score (nSPS) is 11.1. The molecule has 0 aliphatic rings. The number of nitrogen functional groups attached to an aromatic ring is 1. The van der Waals surface area contributed by atoms with Gasteiger partial charge in [-0.2, -0.15) is 15.0 Å². The summed E-state index contributed by atoms with van der Waals surface area (Å²) in [6, 6.07) is 12.0. The zero-order valence-electron chi connectivity index (χ0n) is 17.6. The van der Waals surface area contributed by atoms with Crippen LogP contribution in [-0.4, -0.2) is 50.5 Å². The topological polar surface area (TPSA) is 132 Å². The van der Waals surface area contributed by atoms with Crippen LogP contribution in [0.5, 0.6) is 0 Å². The Labute approximate surface area is 190 Å². The molecule has 0 amide bonds. The second kappa shape index (κ2) is 9.37. The largest absolute Gasteiger partial charge is 0.454 e. The van der Waals surface area contributed by atoms with E-state index in [1.54, 1.807) is 37.2 Å². The van der Waals surface area contributed by atoms with Gasteiger partial charge in [0.05, 0.1) is 16.1 Å². The van der Waals surface area contributed by atoms with Crippen molar-refractivity contribution in [2.75, 3.05) is 36.1 Å². The van der Waals surface area contributed by atoms with Crippen LogP contribution in [0.25, 0.3) is 0 Å². The van der Waals surface area contributed by atoms with E-state index in [0.29, 0.717) is 16.7 Å². The summed E-state index contributed by atoms with van der Waals surface area (Å²) in [5, 5.41) is 0.401. The van der Waals surface area contributed by atoms with Crippen molar-refractivity contribution in [3.63, 3.8) is 0 Å². The van der Waals surface area contributed by atoms with Gasteiger partial charge in [0.1, 0.15) is 0 Å². The van der Waals surface area contributed by atoms with E-state index in [0.717, 1.165) is 4.31 Å². The lowest BCUT2D eigenvalue weighted by Gasteiger charge is -2.20. The maximum atomic E-state index is 13.0. The molecule has 0 aliphatic heterocycles. The average Bonchev–Trinajstić information content (AvgIpc) is 2.76. The van der Waals surface area contributed by atoms with E-state index in [4.69, 9.17) is 22.1 Å². The lowest BCUT2D eigenvalue weighted by Crippen LogP contribution is -2.26. The van der Waals surface area contributed by atoms with E-state index in [-0.39, 0.29) is 28.8 Å². The van der Waals surface area contributed by atoms with Crippen molar-refractivity contribution in [1.29, 1.82) is 0 Å². The second-order valence-corrected chi connectivity index (χ2v) is 9.27. The standard InChI is InChI=1S/C20H21ClN6O4S/c1-26(2)20-24-17(23-19(22)25-20)12-31-18(28)13-6-4-9-16(10-13)32(29,30)27(3)15-8-5-7-14(21)11-15/h4-11H,12H2,1-3H3,(H2,22,23,24,25). The van der Waals surface area contributed by atoms with Crippen molar-refractivity contribution < 1.29 is 17.9 Å². The lowest BCUT2D eigenvalue weighted by atomic mass is 10.2. The van der Waals surface area contributed by atoms with Crippen LogP contribution in [-0.2, 0) is 21.4 Å². The molecule has 0 fully saturated rings. The van der Waals surface area contributed by atoms with Gasteiger partial charge < -0.3 is 15.4 Å². The molecule has 0 spiro atoms. The number of anilines is 3. The molecule has 0 saturated carbocycles. The Hall–Kier alpha value is -3.44. The SMILES string of the molecule is CN(C)c1nc(N)nc(COC(=O)c2cccc(S(=O)(=O)N(C)c3cccc(Cl)c3)c2)n1. The molecule has 168 valence electrons. The number of esters is 1. The minimum atomic E-state index is -3.94. The minimum Gasteiger partial charge on any atom is -0.454 e.